The van der Waals surface area contributed by atoms with E-state index in [4.69, 9.17) is 21.4 Å². The molecule has 0 spiro atoms. The molecule has 0 radical (unpaired) electrons. The highest BCUT2D eigenvalue weighted by atomic mass is 35.5. The Morgan fingerprint density at radius 3 is 2.54 bits per heavy atom. The maximum atomic E-state index is 9.14. The van der Waals surface area contributed by atoms with Crippen molar-refractivity contribution in [3.8, 4) is 5.75 Å². The van der Waals surface area contributed by atoms with Crippen LogP contribution in [-0.4, -0.2) is 12.2 Å². The summed E-state index contributed by atoms with van der Waals surface area (Å²) in [6.45, 7) is 3.86. The lowest BCUT2D eigenvalue weighted by Gasteiger charge is -2.13. The summed E-state index contributed by atoms with van der Waals surface area (Å²) in [5, 5.41) is 9.69. The molecule has 3 heteroatoms. The van der Waals surface area contributed by atoms with Gasteiger partial charge in [-0.1, -0.05) is 11.6 Å². The van der Waals surface area contributed by atoms with Crippen LogP contribution in [0.1, 0.15) is 16.7 Å². The topological polar surface area (TPSA) is 29.5 Å². The SMILES string of the molecule is COc1c(Cl)cc(C)c(C)c1CO. The highest BCUT2D eigenvalue weighted by Gasteiger charge is 2.11. The van der Waals surface area contributed by atoms with Gasteiger partial charge in [0.2, 0.25) is 0 Å². The van der Waals surface area contributed by atoms with Gasteiger partial charge in [0.1, 0.15) is 5.75 Å². The van der Waals surface area contributed by atoms with Crippen molar-refractivity contribution in [1.29, 1.82) is 0 Å². The van der Waals surface area contributed by atoms with Gasteiger partial charge >= 0.3 is 0 Å². The van der Waals surface area contributed by atoms with E-state index in [9.17, 15) is 0 Å². The Hall–Kier alpha value is -0.730. The number of hydrogen-bond acceptors (Lipinski definition) is 2. The number of benzene rings is 1. The monoisotopic (exact) mass is 200 g/mol. The normalized spacial score (nSPS) is 10.2. The van der Waals surface area contributed by atoms with E-state index in [0.717, 1.165) is 16.7 Å². The third-order valence-corrected chi connectivity index (χ3v) is 2.52. The second-order valence-corrected chi connectivity index (χ2v) is 3.38. The van der Waals surface area contributed by atoms with Crippen molar-refractivity contribution >= 4 is 11.6 Å². The highest BCUT2D eigenvalue weighted by Crippen LogP contribution is 2.33. The zero-order valence-electron chi connectivity index (χ0n) is 8.02. The molecule has 0 saturated heterocycles. The molecule has 0 unspecified atom stereocenters. The molecule has 1 N–H and O–H groups in total. The Kier molecular flexibility index (Phi) is 3.17. The number of hydrogen-bond donors (Lipinski definition) is 1. The number of aryl methyl sites for hydroxylation is 1. The van der Waals surface area contributed by atoms with Gasteiger partial charge in [-0.3, -0.25) is 0 Å². The summed E-state index contributed by atoms with van der Waals surface area (Å²) in [6, 6.07) is 1.84. The number of aliphatic hydroxyl groups excluding tert-OH is 1. The van der Waals surface area contributed by atoms with Gasteiger partial charge in [0.15, 0.2) is 0 Å². The van der Waals surface area contributed by atoms with Crippen LogP contribution in [0.5, 0.6) is 5.75 Å². The van der Waals surface area contributed by atoms with E-state index < -0.39 is 0 Å². The Bertz CT molecular complexity index is 321. The highest BCUT2D eigenvalue weighted by molar-refractivity contribution is 6.32. The van der Waals surface area contributed by atoms with Crippen LogP contribution in [0.4, 0.5) is 0 Å². The van der Waals surface area contributed by atoms with Crippen LogP contribution >= 0.6 is 11.6 Å². The molecule has 0 aromatic heterocycles. The molecule has 0 bridgehead atoms. The first kappa shape index (κ1) is 10.4. The van der Waals surface area contributed by atoms with Gasteiger partial charge in [0.25, 0.3) is 0 Å². The molecule has 1 aromatic carbocycles. The summed E-state index contributed by atoms with van der Waals surface area (Å²) in [6.07, 6.45) is 0. The molecule has 0 heterocycles. The minimum Gasteiger partial charge on any atom is -0.495 e. The largest absolute Gasteiger partial charge is 0.495 e. The Labute approximate surface area is 83.1 Å². The fraction of sp³-hybridized carbons (Fsp3) is 0.400. The van der Waals surface area contributed by atoms with Crippen LogP contribution in [0.25, 0.3) is 0 Å². The van der Waals surface area contributed by atoms with E-state index in [1.54, 1.807) is 7.11 Å². The number of rotatable bonds is 2. The molecular weight excluding hydrogens is 188 g/mol. The first-order chi connectivity index (χ1) is 6.11. The molecular formula is C10H13ClO2. The summed E-state index contributed by atoms with van der Waals surface area (Å²) < 4.78 is 5.11. The van der Waals surface area contributed by atoms with Gasteiger partial charge in [-0.05, 0) is 31.0 Å². The molecule has 0 aliphatic rings. The lowest BCUT2D eigenvalue weighted by Crippen LogP contribution is -1.98. The minimum absolute atomic E-state index is 0.0452. The molecule has 2 nitrogen and oxygen atoms in total. The van der Waals surface area contributed by atoms with E-state index in [-0.39, 0.29) is 6.61 Å². The van der Waals surface area contributed by atoms with Gasteiger partial charge in [0, 0.05) is 5.56 Å². The van der Waals surface area contributed by atoms with E-state index in [1.165, 1.54) is 0 Å². The molecule has 0 atom stereocenters. The molecule has 13 heavy (non-hydrogen) atoms. The fourth-order valence-electron chi connectivity index (χ4n) is 1.33. The van der Waals surface area contributed by atoms with Gasteiger partial charge < -0.3 is 9.84 Å². The average molecular weight is 201 g/mol. The third kappa shape index (κ3) is 1.79. The predicted molar refractivity (Wildman–Crippen MR) is 53.4 cm³/mol. The Balaban J connectivity index is 3.41. The van der Waals surface area contributed by atoms with Crippen molar-refractivity contribution < 1.29 is 9.84 Å². The van der Waals surface area contributed by atoms with Crippen molar-refractivity contribution in [3.63, 3.8) is 0 Å². The van der Waals surface area contributed by atoms with Gasteiger partial charge in [-0.25, -0.2) is 0 Å². The summed E-state index contributed by atoms with van der Waals surface area (Å²) in [5.41, 5.74) is 2.87. The summed E-state index contributed by atoms with van der Waals surface area (Å²) in [5.74, 6) is 0.576. The number of ether oxygens (including phenoxy) is 1. The lowest BCUT2D eigenvalue weighted by molar-refractivity contribution is 0.273. The second kappa shape index (κ2) is 3.99. The van der Waals surface area contributed by atoms with Crippen molar-refractivity contribution in [2.45, 2.75) is 20.5 Å². The van der Waals surface area contributed by atoms with Crippen molar-refractivity contribution in [3.05, 3.63) is 27.8 Å². The summed E-state index contributed by atoms with van der Waals surface area (Å²) in [4.78, 5) is 0. The first-order valence-electron chi connectivity index (χ1n) is 4.05. The van der Waals surface area contributed by atoms with Gasteiger partial charge in [-0.15, -0.1) is 0 Å². The van der Waals surface area contributed by atoms with Gasteiger partial charge in [-0.2, -0.15) is 0 Å². The van der Waals surface area contributed by atoms with E-state index in [0.29, 0.717) is 10.8 Å². The number of methoxy groups -OCH3 is 1. The second-order valence-electron chi connectivity index (χ2n) is 2.97. The van der Waals surface area contributed by atoms with Crippen LogP contribution in [-0.2, 0) is 6.61 Å². The molecule has 1 rings (SSSR count). The van der Waals surface area contributed by atoms with E-state index in [1.807, 2.05) is 19.9 Å². The molecule has 72 valence electrons. The van der Waals surface area contributed by atoms with Crippen LogP contribution in [0.15, 0.2) is 6.07 Å². The quantitative estimate of drug-likeness (QED) is 0.795. The van der Waals surface area contributed by atoms with Crippen molar-refractivity contribution in [1.82, 2.24) is 0 Å². The molecule has 0 aliphatic heterocycles. The smallest absolute Gasteiger partial charge is 0.143 e. The third-order valence-electron chi connectivity index (χ3n) is 2.24. The molecule has 0 saturated carbocycles. The molecule has 0 amide bonds. The van der Waals surface area contributed by atoms with Crippen LogP contribution in [0.2, 0.25) is 5.02 Å². The molecule has 0 aliphatic carbocycles. The molecule has 1 aromatic rings. The minimum atomic E-state index is -0.0452. The maximum Gasteiger partial charge on any atom is 0.143 e. The van der Waals surface area contributed by atoms with Crippen LogP contribution in [0.3, 0.4) is 0 Å². The lowest BCUT2D eigenvalue weighted by atomic mass is 10.0. The fourth-order valence-corrected chi connectivity index (χ4v) is 1.68. The standard InChI is InChI=1S/C10H13ClO2/c1-6-4-9(11)10(13-3)8(5-12)7(6)2/h4,12H,5H2,1-3H3. The van der Waals surface area contributed by atoms with Crippen molar-refractivity contribution in [2.24, 2.45) is 0 Å². The average Bonchev–Trinajstić information content (AvgIpc) is 2.10. The van der Waals surface area contributed by atoms with Crippen LogP contribution in [0, 0.1) is 13.8 Å². The zero-order valence-corrected chi connectivity index (χ0v) is 8.77. The van der Waals surface area contributed by atoms with Crippen LogP contribution < -0.4 is 4.74 Å². The first-order valence-corrected chi connectivity index (χ1v) is 4.43. The van der Waals surface area contributed by atoms with Gasteiger partial charge in [0.05, 0.1) is 18.7 Å². The number of halogens is 1. The predicted octanol–water partition coefficient (Wildman–Crippen LogP) is 2.46. The Morgan fingerprint density at radius 2 is 2.08 bits per heavy atom. The number of aliphatic hydroxyl groups is 1. The van der Waals surface area contributed by atoms with E-state index in [2.05, 4.69) is 0 Å². The summed E-state index contributed by atoms with van der Waals surface area (Å²) in [7, 11) is 1.55. The summed E-state index contributed by atoms with van der Waals surface area (Å²) >= 11 is 5.95. The molecule has 0 fully saturated rings. The van der Waals surface area contributed by atoms with E-state index >= 15 is 0 Å². The Morgan fingerprint density at radius 1 is 1.46 bits per heavy atom. The van der Waals surface area contributed by atoms with Crippen molar-refractivity contribution in [2.75, 3.05) is 7.11 Å². The maximum absolute atomic E-state index is 9.14. The zero-order chi connectivity index (χ0) is 10.0.